The highest BCUT2D eigenvalue weighted by Crippen LogP contribution is 2.30. The lowest BCUT2D eigenvalue weighted by molar-refractivity contribution is 0.415. The van der Waals surface area contributed by atoms with Crippen LogP contribution in [0.1, 0.15) is 19.5 Å². The molecule has 0 aliphatic heterocycles. The number of fused-ring (bicyclic) bond motifs is 1. The molecule has 0 spiro atoms. The summed E-state index contributed by atoms with van der Waals surface area (Å²) in [4.78, 5) is 15.1. The monoisotopic (exact) mass is 263 g/mol. The molecule has 0 bridgehead atoms. The molecule has 2 aromatic rings. The number of hydrogen-bond acceptors (Lipinski definition) is 2. The van der Waals surface area contributed by atoms with Crippen molar-refractivity contribution in [1.29, 1.82) is 0 Å². The molecule has 0 aliphatic rings. The Morgan fingerprint density at radius 3 is 2.72 bits per heavy atom. The third-order valence-corrected chi connectivity index (χ3v) is 2.97. The first-order chi connectivity index (χ1) is 8.52. The van der Waals surface area contributed by atoms with E-state index in [1.165, 1.54) is 0 Å². The zero-order valence-corrected chi connectivity index (χ0v) is 11.3. The topological polar surface area (TPSA) is 42.1 Å². The lowest BCUT2D eigenvalue weighted by Gasteiger charge is -2.07. The molecule has 0 saturated heterocycles. The Balaban J connectivity index is 2.81. The van der Waals surface area contributed by atoms with Gasteiger partial charge in [-0.05, 0) is 32.1 Å². The minimum Gasteiger partial charge on any atom is -0.495 e. The van der Waals surface area contributed by atoms with E-state index in [4.69, 9.17) is 16.3 Å². The van der Waals surface area contributed by atoms with Gasteiger partial charge in [-0.15, -0.1) is 0 Å². The van der Waals surface area contributed by atoms with E-state index in [2.05, 4.69) is 4.98 Å². The number of rotatable bonds is 2. The molecular weight excluding hydrogens is 250 g/mol. The van der Waals surface area contributed by atoms with Gasteiger partial charge in [0.2, 0.25) is 0 Å². The largest absolute Gasteiger partial charge is 0.495 e. The van der Waals surface area contributed by atoms with Gasteiger partial charge in [0.25, 0.3) is 0 Å². The first-order valence-electron chi connectivity index (χ1n) is 5.57. The Morgan fingerprint density at radius 1 is 1.39 bits per heavy atom. The lowest BCUT2D eigenvalue weighted by Crippen LogP contribution is -2.04. The zero-order valence-electron chi connectivity index (χ0n) is 10.5. The Bertz CT molecular complexity index is 682. The molecular formula is C14H14ClNO2. The van der Waals surface area contributed by atoms with Crippen molar-refractivity contribution in [1.82, 2.24) is 4.98 Å². The van der Waals surface area contributed by atoms with Gasteiger partial charge in [-0.3, -0.25) is 4.79 Å². The average Bonchev–Trinajstić information content (AvgIpc) is 2.30. The van der Waals surface area contributed by atoms with Crippen molar-refractivity contribution >= 4 is 28.6 Å². The predicted octanol–water partition coefficient (Wildman–Crippen LogP) is 3.61. The highest BCUT2D eigenvalue weighted by molar-refractivity contribution is 6.36. The highest BCUT2D eigenvalue weighted by Gasteiger charge is 2.09. The van der Waals surface area contributed by atoms with Crippen molar-refractivity contribution in [2.45, 2.75) is 13.8 Å². The maximum absolute atomic E-state index is 12.0. The molecule has 4 heteroatoms. The third-order valence-electron chi connectivity index (χ3n) is 2.59. The summed E-state index contributed by atoms with van der Waals surface area (Å²) < 4.78 is 5.14. The summed E-state index contributed by atoms with van der Waals surface area (Å²) in [6.45, 7) is 3.94. The second-order valence-electron chi connectivity index (χ2n) is 4.31. The number of methoxy groups -OCH3 is 1. The standard InChI is InChI=1S/C14H14ClNO2/c1-8(2)6-9-7-11(17)10-4-5-12(18-3)13(15)14(10)16-9/h4-7H,1-3H3,(H,16,17). The van der Waals surface area contributed by atoms with Gasteiger partial charge >= 0.3 is 0 Å². The van der Waals surface area contributed by atoms with Crippen LogP contribution in [0.2, 0.25) is 5.02 Å². The molecule has 3 nitrogen and oxygen atoms in total. The molecule has 1 heterocycles. The molecule has 0 saturated carbocycles. The lowest BCUT2D eigenvalue weighted by atomic mass is 10.1. The fraction of sp³-hybridized carbons (Fsp3) is 0.214. The summed E-state index contributed by atoms with van der Waals surface area (Å²) >= 11 is 6.21. The van der Waals surface area contributed by atoms with Gasteiger partial charge < -0.3 is 9.72 Å². The van der Waals surface area contributed by atoms with Crippen LogP contribution in [0.3, 0.4) is 0 Å². The quantitative estimate of drug-likeness (QED) is 0.899. The molecule has 1 N–H and O–H groups in total. The number of halogens is 1. The van der Waals surface area contributed by atoms with Gasteiger partial charge in [0.15, 0.2) is 5.43 Å². The molecule has 0 amide bonds. The molecule has 18 heavy (non-hydrogen) atoms. The minimum absolute atomic E-state index is 0.0548. The van der Waals surface area contributed by atoms with Crippen molar-refractivity contribution in [2.75, 3.05) is 7.11 Å². The predicted molar refractivity (Wildman–Crippen MR) is 75.5 cm³/mol. The van der Waals surface area contributed by atoms with Crippen LogP contribution < -0.4 is 10.2 Å². The van der Waals surface area contributed by atoms with Crippen LogP contribution in [0.4, 0.5) is 0 Å². The minimum atomic E-state index is -0.0548. The van der Waals surface area contributed by atoms with E-state index in [1.54, 1.807) is 25.3 Å². The Kier molecular flexibility index (Phi) is 3.43. The second-order valence-corrected chi connectivity index (χ2v) is 4.69. The number of aromatic nitrogens is 1. The fourth-order valence-corrected chi connectivity index (χ4v) is 2.12. The van der Waals surface area contributed by atoms with Gasteiger partial charge in [0.1, 0.15) is 10.8 Å². The number of allylic oxidation sites excluding steroid dienone is 1. The molecule has 0 atom stereocenters. The van der Waals surface area contributed by atoms with E-state index < -0.39 is 0 Å². The van der Waals surface area contributed by atoms with Crippen LogP contribution in [0.5, 0.6) is 5.75 Å². The van der Waals surface area contributed by atoms with E-state index in [0.717, 1.165) is 11.3 Å². The summed E-state index contributed by atoms with van der Waals surface area (Å²) in [5, 5.41) is 0.989. The van der Waals surface area contributed by atoms with Crippen molar-refractivity contribution in [3.05, 3.63) is 44.7 Å². The van der Waals surface area contributed by atoms with E-state index >= 15 is 0 Å². The van der Waals surface area contributed by atoms with Crippen LogP contribution in [0.15, 0.2) is 28.6 Å². The maximum atomic E-state index is 12.0. The van der Waals surface area contributed by atoms with Gasteiger partial charge in [0.05, 0.1) is 12.6 Å². The van der Waals surface area contributed by atoms with Crippen molar-refractivity contribution in [2.24, 2.45) is 0 Å². The van der Waals surface area contributed by atoms with Crippen molar-refractivity contribution < 1.29 is 4.74 Å². The summed E-state index contributed by atoms with van der Waals surface area (Å²) in [6, 6.07) is 4.98. The number of benzene rings is 1. The number of ether oxygens (including phenoxy) is 1. The molecule has 0 radical (unpaired) electrons. The van der Waals surface area contributed by atoms with E-state index in [9.17, 15) is 4.79 Å². The maximum Gasteiger partial charge on any atom is 0.190 e. The van der Waals surface area contributed by atoms with Crippen LogP contribution in [0, 0.1) is 0 Å². The molecule has 2 rings (SSSR count). The number of aromatic amines is 1. The zero-order chi connectivity index (χ0) is 13.3. The number of nitrogens with one attached hydrogen (secondary N) is 1. The second kappa shape index (κ2) is 4.86. The van der Waals surface area contributed by atoms with E-state index in [-0.39, 0.29) is 5.43 Å². The fourth-order valence-electron chi connectivity index (χ4n) is 1.83. The summed E-state index contributed by atoms with van der Waals surface area (Å²) in [6.07, 6.45) is 1.90. The highest BCUT2D eigenvalue weighted by atomic mass is 35.5. The average molecular weight is 264 g/mol. The van der Waals surface area contributed by atoms with Gasteiger partial charge in [-0.2, -0.15) is 0 Å². The van der Waals surface area contributed by atoms with Gasteiger partial charge in [0, 0.05) is 17.1 Å². The Hall–Kier alpha value is -1.74. The molecule has 0 fully saturated rings. The van der Waals surface area contributed by atoms with E-state index in [1.807, 2.05) is 19.9 Å². The van der Waals surface area contributed by atoms with Crippen LogP contribution in [0.25, 0.3) is 17.0 Å². The summed E-state index contributed by atoms with van der Waals surface area (Å²) in [5.74, 6) is 0.550. The Labute approximate surface area is 110 Å². The number of hydrogen-bond donors (Lipinski definition) is 1. The first-order valence-corrected chi connectivity index (χ1v) is 5.95. The SMILES string of the molecule is COc1ccc2c(=O)cc(C=C(C)C)[nH]c2c1Cl. The molecule has 0 aliphatic carbocycles. The van der Waals surface area contributed by atoms with Crippen molar-refractivity contribution in [3.63, 3.8) is 0 Å². The van der Waals surface area contributed by atoms with Crippen LogP contribution in [-0.2, 0) is 0 Å². The number of H-pyrrole nitrogens is 1. The smallest absolute Gasteiger partial charge is 0.190 e. The van der Waals surface area contributed by atoms with Crippen molar-refractivity contribution in [3.8, 4) is 5.75 Å². The molecule has 1 aromatic carbocycles. The molecule has 0 unspecified atom stereocenters. The summed E-state index contributed by atoms with van der Waals surface area (Å²) in [5.41, 5.74) is 2.39. The third kappa shape index (κ3) is 2.27. The number of pyridine rings is 1. The summed E-state index contributed by atoms with van der Waals surface area (Å²) in [7, 11) is 1.55. The van der Waals surface area contributed by atoms with Crippen LogP contribution in [-0.4, -0.2) is 12.1 Å². The Morgan fingerprint density at radius 2 is 2.11 bits per heavy atom. The molecule has 1 aromatic heterocycles. The van der Waals surface area contributed by atoms with E-state index in [0.29, 0.717) is 21.7 Å². The normalized spacial score (nSPS) is 10.4. The van der Waals surface area contributed by atoms with Gasteiger partial charge in [-0.25, -0.2) is 0 Å². The van der Waals surface area contributed by atoms with Crippen LogP contribution >= 0.6 is 11.6 Å². The first kappa shape index (κ1) is 12.7. The van der Waals surface area contributed by atoms with Gasteiger partial charge in [-0.1, -0.05) is 17.2 Å². The molecule has 94 valence electrons.